The van der Waals surface area contributed by atoms with Crippen LogP contribution in [0.15, 0.2) is 30.5 Å². The van der Waals surface area contributed by atoms with Crippen molar-refractivity contribution in [1.82, 2.24) is 4.98 Å². The number of carbonyl (C=O) groups excluding carboxylic acids is 1. The van der Waals surface area contributed by atoms with Gasteiger partial charge in [0, 0.05) is 18.3 Å². The van der Waals surface area contributed by atoms with Crippen LogP contribution in [0.2, 0.25) is 5.02 Å². The molecule has 26 heavy (non-hydrogen) atoms. The molecule has 0 fully saturated rings. The lowest BCUT2D eigenvalue weighted by Crippen LogP contribution is -2.27. The fraction of sp³-hybridized carbons (Fsp3) is 0.250. The Morgan fingerprint density at radius 2 is 2.00 bits per heavy atom. The van der Waals surface area contributed by atoms with Crippen molar-refractivity contribution in [2.45, 2.75) is 26.4 Å². The van der Waals surface area contributed by atoms with Gasteiger partial charge in [-0.2, -0.15) is 0 Å². The molecule has 138 valence electrons. The number of halogens is 2. The number of hydrogen-bond donors (Lipinski definition) is 1. The first kappa shape index (κ1) is 19.4. The number of nitrogens with zero attached hydrogens (tertiary/aromatic N) is 2. The highest BCUT2D eigenvalue weighted by molar-refractivity contribution is 6.34. The standard InChI is InChI=1S/C16H15ClFN3O5/c1-16(2,3)26-15(22)20-14-13(17)12(6-7-19-14)25-11-5-4-9(21(23)24)8-10(11)18/h4-8H,1-3H3,(H,19,20,22). The Kier molecular flexibility index (Phi) is 5.61. The van der Waals surface area contributed by atoms with Crippen molar-refractivity contribution in [3.8, 4) is 11.5 Å². The molecule has 1 amide bonds. The van der Waals surface area contributed by atoms with Gasteiger partial charge in [-0.1, -0.05) is 11.6 Å². The molecular formula is C16H15ClFN3O5. The monoisotopic (exact) mass is 383 g/mol. The van der Waals surface area contributed by atoms with Crippen LogP contribution in [0.5, 0.6) is 11.5 Å². The van der Waals surface area contributed by atoms with Gasteiger partial charge in [-0.3, -0.25) is 15.4 Å². The van der Waals surface area contributed by atoms with Crippen LogP contribution in [0.1, 0.15) is 20.8 Å². The molecule has 0 atom stereocenters. The topological polar surface area (TPSA) is 104 Å². The van der Waals surface area contributed by atoms with Gasteiger partial charge < -0.3 is 9.47 Å². The highest BCUT2D eigenvalue weighted by atomic mass is 35.5. The van der Waals surface area contributed by atoms with Gasteiger partial charge in [0.05, 0.1) is 11.0 Å². The fourth-order valence-corrected chi connectivity index (χ4v) is 1.99. The minimum absolute atomic E-state index is 0.000443. The number of anilines is 1. The molecule has 2 aromatic rings. The number of non-ortho nitro benzene ring substituents is 1. The van der Waals surface area contributed by atoms with Crippen LogP contribution in [0.4, 0.5) is 20.7 Å². The van der Waals surface area contributed by atoms with E-state index in [1.165, 1.54) is 12.3 Å². The zero-order valence-electron chi connectivity index (χ0n) is 14.1. The average molecular weight is 384 g/mol. The minimum Gasteiger partial charge on any atom is -0.453 e. The Labute approximate surface area is 153 Å². The largest absolute Gasteiger partial charge is 0.453 e. The van der Waals surface area contributed by atoms with Crippen LogP contribution in [0.25, 0.3) is 0 Å². The fourth-order valence-electron chi connectivity index (χ4n) is 1.80. The van der Waals surface area contributed by atoms with E-state index < -0.39 is 28.1 Å². The zero-order valence-corrected chi connectivity index (χ0v) is 14.8. The van der Waals surface area contributed by atoms with Gasteiger partial charge >= 0.3 is 6.09 Å². The molecule has 0 aliphatic rings. The third-order valence-corrected chi connectivity index (χ3v) is 3.18. The predicted molar refractivity (Wildman–Crippen MR) is 92.2 cm³/mol. The molecule has 2 rings (SSSR count). The van der Waals surface area contributed by atoms with Gasteiger partial charge in [0.25, 0.3) is 5.69 Å². The number of aromatic nitrogens is 1. The van der Waals surface area contributed by atoms with Crippen LogP contribution < -0.4 is 10.1 Å². The highest BCUT2D eigenvalue weighted by Gasteiger charge is 2.20. The van der Waals surface area contributed by atoms with Crippen LogP contribution in [0.3, 0.4) is 0 Å². The Morgan fingerprint density at radius 1 is 1.31 bits per heavy atom. The molecule has 0 saturated carbocycles. The molecule has 0 aliphatic carbocycles. The van der Waals surface area contributed by atoms with E-state index in [2.05, 4.69) is 10.3 Å². The summed E-state index contributed by atoms with van der Waals surface area (Å²) in [5.41, 5.74) is -1.13. The van der Waals surface area contributed by atoms with Crippen LogP contribution in [0, 0.1) is 15.9 Å². The van der Waals surface area contributed by atoms with E-state index in [0.717, 1.165) is 18.2 Å². The number of carbonyl (C=O) groups is 1. The highest BCUT2D eigenvalue weighted by Crippen LogP contribution is 2.35. The summed E-state index contributed by atoms with van der Waals surface area (Å²) in [6.07, 6.45) is 0.516. The lowest BCUT2D eigenvalue weighted by molar-refractivity contribution is -0.385. The number of hydrogen-bond acceptors (Lipinski definition) is 6. The molecule has 1 aromatic heterocycles. The Hall–Kier alpha value is -2.94. The van der Waals surface area contributed by atoms with Gasteiger partial charge in [0.2, 0.25) is 0 Å². The summed E-state index contributed by atoms with van der Waals surface area (Å²) < 4.78 is 24.4. The maximum absolute atomic E-state index is 13.9. The van der Waals surface area contributed by atoms with Crippen molar-refractivity contribution in [3.63, 3.8) is 0 Å². The molecule has 0 unspecified atom stereocenters. The molecule has 10 heteroatoms. The first-order valence-electron chi connectivity index (χ1n) is 7.33. The Balaban J connectivity index is 2.21. The molecular weight excluding hydrogens is 369 g/mol. The molecule has 0 aliphatic heterocycles. The van der Waals surface area contributed by atoms with Crippen molar-refractivity contribution in [1.29, 1.82) is 0 Å². The SMILES string of the molecule is CC(C)(C)OC(=O)Nc1nccc(Oc2ccc([N+](=O)[O-])cc2F)c1Cl. The summed E-state index contributed by atoms with van der Waals surface area (Å²) in [5.74, 6) is -1.25. The van der Waals surface area contributed by atoms with Gasteiger partial charge in [0.15, 0.2) is 23.1 Å². The molecule has 0 bridgehead atoms. The lowest BCUT2D eigenvalue weighted by atomic mass is 10.2. The quantitative estimate of drug-likeness (QED) is 0.593. The van der Waals surface area contributed by atoms with Crippen molar-refractivity contribution in [2.24, 2.45) is 0 Å². The van der Waals surface area contributed by atoms with Gasteiger partial charge in [-0.25, -0.2) is 14.2 Å². The number of nitro groups is 1. The molecule has 0 saturated heterocycles. The summed E-state index contributed by atoms with van der Waals surface area (Å²) in [6, 6.07) is 4.27. The number of ether oxygens (including phenoxy) is 2. The number of nitrogens with one attached hydrogen (secondary N) is 1. The number of amides is 1. The summed E-state index contributed by atoms with van der Waals surface area (Å²) in [4.78, 5) is 25.6. The Bertz CT molecular complexity index is 854. The second kappa shape index (κ2) is 7.52. The summed E-state index contributed by atoms with van der Waals surface area (Å²) in [6.45, 7) is 5.08. The van der Waals surface area contributed by atoms with Crippen molar-refractivity contribution in [3.05, 3.63) is 51.4 Å². The van der Waals surface area contributed by atoms with Crippen molar-refractivity contribution >= 4 is 29.2 Å². The Morgan fingerprint density at radius 3 is 2.58 bits per heavy atom. The van der Waals surface area contributed by atoms with E-state index in [4.69, 9.17) is 21.1 Å². The predicted octanol–water partition coefficient (Wildman–Crippen LogP) is 4.92. The summed E-state index contributed by atoms with van der Waals surface area (Å²) in [7, 11) is 0. The van der Waals surface area contributed by atoms with E-state index in [1.807, 2.05) is 0 Å². The molecule has 1 heterocycles. The first-order valence-corrected chi connectivity index (χ1v) is 7.71. The zero-order chi connectivity index (χ0) is 19.5. The molecule has 0 radical (unpaired) electrons. The van der Waals surface area contributed by atoms with Crippen LogP contribution >= 0.6 is 11.6 Å². The van der Waals surface area contributed by atoms with Crippen molar-refractivity contribution in [2.75, 3.05) is 5.32 Å². The maximum atomic E-state index is 13.9. The first-order chi connectivity index (χ1) is 12.1. The smallest absolute Gasteiger partial charge is 0.413 e. The van der Waals surface area contributed by atoms with E-state index >= 15 is 0 Å². The average Bonchev–Trinajstić information content (AvgIpc) is 2.51. The van der Waals surface area contributed by atoms with Gasteiger partial charge in [0.1, 0.15) is 10.6 Å². The normalized spacial score (nSPS) is 11.0. The van der Waals surface area contributed by atoms with Gasteiger partial charge in [-0.15, -0.1) is 0 Å². The third kappa shape index (κ3) is 5.03. The number of nitro benzene ring substituents is 1. The number of benzene rings is 1. The summed E-state index contributed by atoms with van der Waals surface area (Å²) in [5, 5.41) is 12.9. The van der Waals surface area contributed by atoms with E-state index in [1.54, 1.807) is 20.8 Å². The van der Waals surface area contributed by atoms with Gasteiger partial charge in [-0.05, 0) is 26.8 Å². The third-order valence-electron chi connectivity index (χ3n) is 2.82. The van der Waals surface area contributed by atoms with E-state index in [-0.39, 0.29) is 22.3 Å². The maximum Gasteiger partial charge on any atom is 0.413 e. The summed E-state index contributed by atoms with van der Waals surface area (Å²) >= 11 is 6.12. The van der Waals surface area contributed by atoms with E-state index in [9.17, 15) is 19.3 Å². The second-order valence-electron chi connectivity index (χ2n) is 6.07. The van der Waals surface area contributed by atoms with Crippen LogP contribution in [-0.4, -0.2) is 21.6 Å². The lowest BCUT2D eigenvalue weighted by Gasteiger charge is -2.20. The minimum atomic E-state index is -0.936. The molecule has 1 N–H and O–H groups in total. The molecule has 8 nitrogen and oxygen atoms in total. The van der Waals surface area contributed by atoms with E-state index in [0.29, 0.717) is 0 Å². The van der Waals surface area contributed by atoms with Crippen LogP contribution in [-0.2, 0) is 4.74 Å². The molecule has 1 aromatic carbocycles. The second-order valence-corrected chi connectivity index (χ2v) is 6.45. The van der Waals surface area contributed by atoms with Crippen molar-refractivity contribution < 1.29 is 23.6 Å². The molecule has 0 spiro atoms. The number of pyridine rings is 1. The number of rotatable bonds is 4.